The van der Waals surface area contributed by atoms with Crippen molar-refractivity contribution >= 4 is 22.5 Å². The molecule has 3 heterocycles. The number of halogens is 1. The van der Waals surface area contributed by atoms with Crippen molar-refractivity contribution in [2.24, 2.45) is 0 Å². The van der Waals surface area contributed by atoms with Crippen LogP contribution >= 0.6 is 0 Å². The van der Waals surface area contributed by atoms with E-state index in [9.17, 15) is 4.39 Å². The Bertz CT molecular complexity index is 1230. The van der Waals surface area contributed by atoms with E-state index < -0.39 is 0 Å². The van der Waals surface area contributed by atoms with Crippen LogP contribution in [0.3, 0.4) is 0 Å². The minimum absolute atomic E-state index is 0.196. The predicted octanol–water partition coefficient (Wildman–Crippen LogP) is 3.94. The van der Waals surface area contributed by atoms with Crippen molar-refractivity contribution in [1.29, 1.82) is 0 Å². The zero-order valence-electron chi connectivity index (χ0n) is 17.6. The van der Waals surface area contributed by atoms with Crippen LogP contribution in [0.15, 0.2) is 30.6 Å². The number of nitrogens with zero attached hydrogens (tertiary/aromatic N) is 5. The first-order chi connectivity index (χ1) is 14.4. The zero-order chi connectivity index (χ0) is 21.0. The lowest BCUT2D eigenvalue weighted by molar-refractivity contribution is 0.325. The van der Waals surface area contributed by atoms with Gasteiger partial charge >= 0.3 is 0 Å². The number of imidazole rings is 1. The van der Waals surface area contributed by atoms with Gasteiger partial charge in [-0.25, -0.2) is 18.9 Å². The third-order valence-corrected chi connectivity index (χ3v) is 6.05. The minimum atomic E-state index is -0.312. The number of hydrogen-bond acceptors (Lipinski definition) is 5. The highest BCUT2D eigenvalue weighted by Crippen LogP contribution is 2.32. The second-order valence-corrected chi connectivity index (χ2v) is 8.39. The molecule has 1 saturated carbocycles. The molecule has 0 unspecified atom stereocenters. The van der Waals surface area contributed by atoms with Crippen molar-refractivity contribution in [3.05, 3.63) is 42.2 Å². The normalized spacial score (nSPS) is 19.0. The summed E-state index contributed by atoms with van der Waals surface area (Å²) in [5.74, 6) is 1.11. The molecule has 0 saturated heterocycles. The maximum atomic E-state index is 14.9. The molecule has 156 valence electrons. The number of rotatable bonds is 5. The molecule has 1 aliphatic rings. The van der Waals surface area contributed by atoms with E-state index in [2.05, 4.69) is 44.1 Å². The fraction of sp³-hybridized carbons (Fsp3) is 0.409. The molecule has 4 aromatic rings. The van der Waals surface area contributed by atoms with Crippen molar-refractivity contribution in [1.82, 2.24) is 29.5 Å². The van der Waals surface area contributed by atoms with Crippen molar-refractivity contribution < 1.29 is 4.39 Å². The van der Waals surface area contributed by atoms with Gasteiger partial charge in [-0.3, -0.25) is 0 Å². The number of benzene rings is 1. The van der Waals surface area contributed by atoms with Crippen molar-refractivity contribution in [2.75, 3.05) is 12.4 Å². The number of fused-ring (bicyclic) bond motifs is 2. The summed E-state index contributed by atoms with van der Waals surface area (Å²) >= 11 is 0. The van der Waals surface area contributed by atoms with E-state index in [0.29, 0.717) is 23.5 Å². The number of anilines is 1. The summed E-state index contributed by atoms with van der Waals surface area (Å²) in [7, 11) is 1.99. The van der Waals surface area contributed by atoms with E-state index >= 15 is 0 Å². The number of hydrogen-bond donors (Lipinski definition) is 2. The molecule has 0 bridgehead atoms. The molecular weight excluding hydrogens is 381 g/mol. The third-order valence-electron chi connectivity index (χ3n) is 6.05. The molecule has 1 fully saturated rings. The van der Waals surface area contributed by atoms with Crippen molar-refractivity contribution in [3.63, 3.8) is 0 Å². The molecule has 0 aliphatic heterocycles. The van der Waals surface area contributed by atoms with Crippen LogP contribution in [-0.2, 0) is 0 Å². The quantitative estimate of drug-likeness (QED) is 0.524. The van der Waals surface area contributed by atoms with E-state index in [1.54, 1.807) is 16.8 Å². The smallest absolute Gasteiger partial charge is 0.241 e. The lowest BCUT2D eigenvalue weighted by Gasteiger charge is -2.35. The van der Waals surface area contributed by atoms with Gasteiger partial charge in [0.1, 0.15) is 11.3 Å². The average molecular weight is 407 g/mol. The standard InChI is InChI=1S/C22H26FN7/c1-12(2)30-13(3)26-21-18(23)7-14(8-19(21)30)17-5-6-29-20(17)11-25-22(28-29)27-16-9-15(10-16)24-4/h5-8,11-12,15-16,24H,9-10H2,1-4H3,(H,27,28)/t15-,16+. The summed E-state index contributed by atoms with van der Waals surface area (Å²) < 4.78 is 18.7. The fourth-order valence-electron chi connectivity index (χ4n) is 4.44. The van der Waals surface area contributed by atoms with E-state index in [4.69, 9.17) is 0 Å². The summed E-state index contributed by atoms with van der Waals surface area (Å²) in [6.07, 6.45) is 5.82. The molecule has 2 N–H and O–H groups in total. The van der Waals surface area contributed by atoms with Gasteiger partial charge < -0.3 is 15.2 Å². The SMILES string of the molecule is CN[C@H]1C[C@@H](Nc2ncc3c(-c4cc(F)c5nc(C)n(C(C)C)c5c4)ccn3n2)C1. The summed E-state index contributed by atoms with van der Waals surface area (Å²) in [4.78, 5) is 8.93. The first kappa shape index (κ1) is 19.0. The molecular formula is C22H26FN7. The first-order valence-electron chi connectivity index (χ1n) is 10.4. The predicted molar refractivity (Wildman–Crippen MR) is 116 cm³/mol. The van der Waals surface area contributed by atoms with Crippen LogP contribution in [-0.4, -0.2) is 43.3 Å². The van der Waals surface area contributed by atoms with Crippen molar-refractivity contribution in [3.8, 4) is 11.1 Å². The summed E-state index contributed by atoms with van der Waals surface area (Å²) in [5.41, 5.74) is 3.75. The highest BCUT2D eigenvalue weighted by atomic mass is 19.1. The third kappa shape index (κ3) is 3.02. The number of aryl methyl sites for hydroxylation is 1. The van der Waals surface area contributed by atoms with Crippen LogP contribution in [0.1, 0.15) is 38.6 Å². The van der Waals surface area contributed by atoms with Crippen LogP contribution in [0.4, 0.5) is 10.3 Å². The van der Waals surface area contributed by atoms with E-state index in [1.165, 1.54) is 0 Å². The van der Waals surface area contributed by atoms with Gasteiger partial charge in [0.25, 0.3) is 0 Å². The minimum Gasteiger partial charge on any atom is -0.350 e. The zero-order valence-corrected chi connectivity index (χ0v) is 17.6. The largest absolute Gasteiger partial charge is 0.350 e. The van der Waals surface area contributed by atoms with E-state index in [-0.39, 0.29) is 11.9 Å². The maximum absolute atomic E-state index is 14.9. The number of aromatic nitrogens is 5. The highest BCUT2D eigenvalue weighted by molar-refractivity contribution is 5.88. The lowest BCUT2D eigenvalue weighted by atomic mass is 9.87. The Hall–Kier alpha value is -3.00. The van der Waals surface area contributed by atoms with E-state index in [0.717, 1.165) is 40.8 Å². The molecule has 0 amide bonds. The molecule has 3 aromatic heterocycles. The van der Waals surface area contributed by atoms with Gasteiger partial charge in [0.15, 0.2) is 5.82 Å². The Morgan fingerprint density at radius 2 is 1.97 bits per heavy atom. The number of nitrogens with one attached hydrogen (secondary N) is 2. The first-order valence-corrected chi connectivity index (χ1v) is 10.4. The Morgan fingerprint density at radius 1 is 1.17 bits per heavy atom. The van der Waals surface area contributed by atoms with Gasteiger partial charge in [-0.1, -0.05) is 0 Å². The Kier molecular flexibility index (Phi) is 4.47. The van der Waals surface area contributed by atoms with Gasteiger partial charge in [0, 0.05) is 29.9 Å². The summed E-state index contributed by atoms with van der Waals surface area (Å²) in [6.45, 7) is 6.07. The van der Waals surface area contributed by atoms with Gasteiger partial charge in [0.2, 0.25) is 5.95 Å². The molecule has 8 heteroatoms. The fourth-order valence-corrected chi connectivity index (χ4v) is 4.44. The molecule has 1 aliphatic carbocycles. The van der Waals surface area contributed by atoms with Crippen LogP contribution in [0.5, 0.6) is 0 Å². The molecule has 7 nitrogen and oxygen atoms in total. The van der Waals surface area contributed by atoms with Gasteiger partial charge in [-0.15, -0.1) is 5.10 Å². The maximum Gasteiger partial charge on any atom is 0.241 e. The van der Waals surface area contributed by atoms with Crippen LogP contribution < -0.4 is 10.6 Å². The lowest BCUT2D eigenvalue weighted by Crippen LogP contribution is -2.46. The summed E-state index contributed by atoms with van der Waals surface area (Å²) in [6, 6.07) is 6.67. The average Bonchev–Trinajstić information content (AvgIpc) is 3.24. The summed E-state index contributed by atoms with van der Waals surface area (Å²) in [5, 5.41) is 11.3. The van der Waals surface area contributed by atoms with Crippen LogP contribution in [0.2, 0.25) is 0 Å². The van der Waals surface area contributed by atoms with E-state index in [1.807, 2.05) is 32.3 Å². The molecule has 5 rings (SSSR count). The molecule has 30 heavy (non-hydrogen) atoms. The Balaban J connectivity index is 1.52. The topological polar surface area (TPSA) is 72.1 Å². The molecule has 0 spiro atoms. The van der Waals surface area contributed by atoms with Gasteiger partial charge in [0.05, 0.1) is 17.2 Å². The Morgan fingerprint density at radius 3 is 2.70 bits per heavy atom. The van der Waals surface area contributed by atoms with Gasteiger partial charge in [-0.2, -0.15) is 0 Å². The molecule has 1 aromatic carbocycles. The van der Waals surface area contributed by atoms with Crippen molar-refractivity contribution in [2.45, 2.75) is 51.7 Å². The van der Waals surface area contributed by atoms with Gasteiger partial charge in [-0.05, 0) is 64.4 Å². The molecule has 0 atom stereocenters. The molecule has 0 radical (unpaired) electrons. The highest BCUT2D eigenvalue weighted by Gasteiger charge is 2.28. The second-order valence-electron chi connectivity index (χ2n) is 8.39. The second kappa shape index (κ2) is 7.05. The van der Waals surface area contributed by atoms with Crippen LogP contribution in [0, 0.1) is 12.7 Å². The monoisotopic (exact) mass is 407 g/mol. The Labute approximate surface area is 174 Å². The van der Waals surface area contributed by atoms with Crippen LogP contribution in [0.25, 0.3) is 27.7 Å².